The van der Waals surface area contributed by atoms with Crippen LogP contribution in [0.5, 0.6) is 0 Å². The van der Waals surface area contributed by atoms with Crippen LogP contribution in [0.3, 0.4) is 0 Å². The quantitative estimate of drug-likeness (QED) is 0.890. The van der Waals surface area contributed by atoms with Gasteiger partial charge in [0.05, 0.1) is 10.6 Å². The number of benzene rings is 1. The van der Waals surface area contributed by atoms with Gasteiger partial charge in [0.2, 0.25) is 0 Å². The van der Waals surface area contributed by atoms with E-state index < -0.39 is 10.0 Å². The fourth-order valence-electron chi connectivity index (χ4n) is 2.00. The van der Waals surface area contributed by atoms with Crippen molar-refractivity contribution in [3.8, 4) is 0 Å². The smallest absolute Gasteiger partial charge is 0.264 e. The second kappa shape index (κ2) is 6.58. The predicted molar refractivity (Wildman–Crippen MR) is 84.5 cm³/mol. The van der Waals surface area contributed by atoms with E-state index in [0.717, 1.165) is 12.8 Å². The number of para-hydroxylation sites is 1. The highest BCUT2D eigenvalue weighted by molar-refractivity contribution is 7.92. The Labute approximate surface area is 125 Å². The number of sulfonamides is 1. The van der Waals surface area contributed by atoms with Crippen molar-refractivity contribution in [2.24, 2.45) is 0 Å². The van der Waals surface area contributed by atoms with E-state index in [0.29, 0.717) is 12.2 Å². The van der Waals surface area contributed by atoms with E-state index in [9.17, 15) is 8.42 Å². The predicted octanol–water partition coefficient (Wildman–Crippen LogP) is 2.66. The van der Waals surface area contributed by atoms with Crippen molar-refractivity contribution in [2.75, 3.05) is 16.6 Å². The average Bonchev–Trinajstić information content (AvgIpc) is 2.48. The van der Waals surface area contributed by atoms with Gasteiger partial charge in [-0.05, 0) is 24.6 Å². The van der Waals surface area contributed by atoms with E-state index in [-0.39, 0.29) is 10.7 Å². The van der Waals surface area contributed by atoms with E-state index in [4.69, 9.17) is 5.73 Å². The van der Waals surface area contributed by atoms with Gasteiger partial charge >= 0.3 is 0 Å². The molecule has 0 unspecified atom stereocenters. The summed E-state index contributed by atoms with van der Waals surface area (Å²) in [4.78, 5) is 4.00. The molecule has 1 heterocycles. The summed E-state index contributed by atoms with van der Waals surface area (Å²) < 4.78 is 27.1. The van der Waals surface area contributed by atoms with Gasteiger partial charge in [0.25, 0.3) is 10.0 Å². The molecule has 0 bridgehead atoms. The van der Waals surface area contributed by atoms with Crippen LogP contribution in [-0.4, -0.2) is 19.9 Å². The van der Waals surface area contributed by atoms with Gasteiger partial charge < -0.3 is 5.73 Å². The van der Waals surface area contributed by atoms with Gasteiger partial charge in [0, 0.05) is 18.8 Å². The Morgan fingerprint density at radius 2 is 1.90 bits per heavy atom. The largest absolute Gasteiger partial charge is 0.384 e. The molecule has 1 aromatic heterocycles. The molecule has 0 saturated carbocycles. The molecule has 2 N–H and O–H groups in total. The second-order valence-electron chi connectivity index (χ2n) is 4.68. The summed E-state index contributed by atoms with van der Waals surface area (Å²) in [6.45, 7) is 2.46. The molecule has 0 fully saturated rings. The fraction of sp³-hybridized carbons (Fsp3) is 0.267. The standard InChI is InChI=1S/C15H19N3O2S/c1-2-3-11-18(13-7-5-4-6-8-13)21(19,20)14-9-10-17-15(16)12-14/h4-10,12H,2-3,11H2,1H3,(H2,16,17). The van der Waals surface area contributed by atoms with Gasteiger partial charge in [-0.15, -0.1) is 0 Å². The zero-order valence-electron chi connectivity index (χ0n) is 11.9. The van der Waals surface area contributed by atoms with Crippen LogP contribution in [0.4, 0.5) is 11.5 Å². The molecule has 2 aromatic rings. The third-order valence-electron chi connectivity index (χ3n) is 3.10. The molecule has 0 atom stereocenters. The van der Waals surface area contributed by atoms with Crippen LogP contribution in [0.1, 0.15) is 19.8 Å². The topological polar surface area (TPSA) is 76.3 Å². The first kappa shape index (κ1) is 15.3. The molecule has 1 aromatic carbocycles. The number of unbranched alkanes of at least 4 members (excludes halogenated alkanes) is 1. The van der Waals surface area contributed by atoms with Gasteiger partial charge in [-0.25, -0.2) is 13.4 Å². The molecule has 6 heteroatoms. The minimum absolute atomic E-state index is 0.162. The maximum absolute atomic E-state index is 12.8. The first-order chi connectivity index (χ1) is 10.1. The van der Waals surface area contributed by atoms with Gasteiger partial charge in [0.1, 0.15) is 5.82 Å². The summed E-state index contributed by atoms with van der Waals surface area (Å²) in [7, 11) is -3.64. The van der Waals surface area contributed by atoms with E-state index >= 15 is 0 Å². The lowest BCUT2D eigenvalue weighted by atomic mass is 10.3. The fourth-order valence-corrected chi connectivity index (χ4v) is 3.53. The highest BCUT2D eigenvalue weighted by Crippen LogP contribution is 2.24. The van der Waals surface area contributed by atoms with Crippen molar-refractivity contribution < 1.29 is 8.42 Å². The Balaban J connectivity index is 2.44. The van der Waals surface area contributed by atoms with Crippen LogP contribution in [-0.2, 0) is 10.0 Å². The number of hydrogen-bond donors (Lipinski definition) is 1. The molecule has 0 aliphatic rings. The molecule has 0 spiro atoms. The van der Waals surface area contributed by atoms with E-state index in [1.165, 1.54) is 22.6 Å². The molecule has 0 saturated heterocycles. The van der Waals surface area contributed by atoms with Crippen LogP contribution < -0.4 is 10.0 Å². The number of nitrogens with two attached hydrogens (primary N) is 1. The van der Waals surface area contributed by atoms with Gasteiger partial charge in [-0.1, -0.05) is 31.5 Å². The summed E-state index contributed by atoms with van der Waals surface area (Å²) in [6, 6.07) is 11.9. The molecule has 0 radical (unpaired) electrons. The molecular weight excluding hydrogens is 286 g/mol. The summed E-state index contributed by atoms with van der Waals surface area (Å²) in [6.07, 6.45) is 3.11. The first-order valence-electron chi connectivity index (χ1n) is 6.85. The minimum Gasteiger partial charge on any atom is -0.384 e. The number of nitrogens with zero attached hydrogens (tertiary/aromatic N) is 2. The summed E-state index contributed by atoms with van der Waals surface area (Å²) in [5.41, 5.74) is 6.25. The molecular formula is C15H19N3O2S. The lowest BCUT2D eigenvalue weighted by Crippen LogP contribution is -2.32. The van der Waals surface area contributed by atoms with E-state index in [1.807, 2.05) is 25.1 Å². The van der Waals surface area contributed by atoms with Crippen molar-refractivity contribution >= 4 is 21.5 Å². The lowest BCUT2D eigenvalue weighted by Gasteiger charge is -2.24. The number of hydrogen-bond acceptors (Lipinski definition) is 4. The minimum atomic E-state index is -3.64. The third-order valence-corrected chi connectivity index (χ3v) is 4.92. The van der Waals surface area contributed by atoms with Crippen LogP contribution >= 0.6 is 0 Å². The van der Waals surface area contributed by atoms with E-state index in [1.54, 1.807) is 12.1 Å². The molecule has 0 amide bonds. The summed E-state index contributed by atoms with van der Waals surface area (Å²) in [5, 5.41) is 0. The number of anilines is 2. The van der Waals surface area contributed by atoms with Crippen LogP contribution in [0, 0.1) is 0 Å². The lowest BCUT2D eigenvalue weighted by molar-refractivity contribution is 0.588. The second-order valence-corrected chi connectivity index (χ2v) is 6.54. The number of pyridine rings is 1. The number of nitrogen functional groups attached to an aromatic ring is 1. The van der Waals surface area contributed by atoms with Crippen LogP contribution in [0.15, 0.2) is 53.6 Å². The van der Waals surface area contributed by atoms with Gasteiger partial charge in [0.15, 0.2) is 0 Å². The zero-order chi connectivity index (χ0) is 15.3. The molecule has 2 rings (SSSR count). The molecule has 112 valence electrons. The van der Waals surface area contributed by atoms with Crippen molar-refractivity contribution in [3.05, 3.63) is 48.7 Å². The number of aromatic nitrogens is 1. The SMILES string of the molecule is CCCCN(c1ccccc1)S(=O)(=O)c1ccnc(N)c1. The van der Waals surface area contributed by atoms with Crippen molar-refractivity contribution in [1.29, 1.82) is 0 Å². The van der Waals surface area contributed by atoms with Gasteiger partial charge in [-0.3, -0.25) is 4.31 Å². The Morgan fingerprint density at radius 1 is 1.19 bits per heavy atom. The average molecular weight is 305 g/mol. The Bertz CT molecular complexity index is 687. The highest BCUT2D eigenvalue weighted by atomic mass is 32.2. The van der Waals surface area contributed by atoms with Crippen LogP contribution in [0.2, 0.25) is 0 Å². The monoisotopic (exact) mass is 305 g/mol. The first-order valence-corrected chi connectivity index (χ1v) is 8.29. The number of rotatable bonds is 6. The summed E-state index contributed by atoms with van der Waals surface area (Å²) in [5.74, 6) is 0.194. The van der Waals surface area contributed by atoms with Crippen molar-refractivity contribution in [2.45, 2.75) is 24.7 Å². The maximum Gasteiger partial charge on any atom is 0.264 e. The molecule has 0 aliphatic heterocycles. The normalized spacial score (nSPS) is 11.3. The maximum atomic E-state index is 12.8. The Hall–Kier alpha value is -2.08. The van der Waals surface area contributed by atoms with Crippen molar-refractivity contribution in [3.63, 3.8) is 0 Å². The Kier molecular flexibility index (Phi) is 4.80. The third kappa shape index (κ3) is 3.52. The zero-order valence-corrected chi connectivity index (χ0v) is 12.8. The highest BCUT2D eigenvalue weighted by Gasteiger charge is 2.24. The molecule has 0 aliphatic carbocycles. The van der Waals surface area contributed by atoms with Gasteiger partial charge in [-0.2, -0.15) is 0 Å². The van der Waals surface area contributed by atoms with Crippen LogP contribution in [0.25, 0.3) is 0 Å². The molecule has 21 heavy (non-hydrogen) atoms. The Morgan fingerprint density at radius 3 is 2.52 bits per heavy atom. The van der Waals surface area contributed by atoms with E-state index in [2.05, 4.69) is 4.98 Å². The molecule has 5 nitrogen and oxygen atoms in total. The van der Waals surface area contributed by atoms with Crippen molar-refractivity contribution in [1.82, 2.24) is 4.98 Å². The summed E-state index contributed by atoms with van der Waals surface area (Å²) >= 11 is 0.